The van der Waals surface area contributed by atoms with Gasteiger partial charge in [-0.15, -0.1) is 11.8 Å². The van der Waals surface area contributed by atoms with Crippen LogP contribution in [0.4, 0.5) is 18.9 Å². The quantitative estimate of drug-likeness (QED) is 0.155. The molecule has 0 N–H and O–H groups in total. The zero-order valence-electron chi connectivity index (χ0n) is 18.6. The summed E-state index contributed by atoms with van der Waals surface area (Å²) in [6.45, 7) is 1.85. The Balaban J connectivity index is 1.93. The van der Waals surface area contributed by atoms with Crippen LogP contribution >= 0.6 is 35.3 Å². The van der Waals surface area contributed by atoms with E-state index in [4.69, 9.17) is 11.6 Å². The minimum Gasteiger partial charge on any atom is -0.468 e. The molecule has 0 aliphatic rings. The van der Waals surface area contributed by atoms with Gasteiger partial charge in [-0.3, -0.25) is 4.79 Å². The van der Waals surface area contributed by atoms with E-state index in [-0.39, 0.29) is 17.4 Å². The first kappa shape index (κ1) is 26.3. The van der Waals surface area contributed by atoms with Crippen molar-refractivity contribution < 1.29 is 22.7 Å². The Bertz CT molecular complexity index is 1130. The Morgan fingerprint density at radius 1 is 1.03 bits per heavy atom. The average molecular weight is 526 g/mol. The molecular weight excluding hydrogens is 503 g/mol. The van der Waals surface area contributed by atoms with Gasteiger partial charge in [0.2, 0.25) is 0 Å². The molecule has 0 fully saturated rings. The lowest BCUT2D eigenvalue weighted by Crippen LogP contribution is -2.22. The molecule has 3 aromatic carbocycles. The number of hydrogen-bond acceptors (Lipinski definition) is 5. The van der Waals surface area contributed by atoms with Crippen LogP contribution in [-0.4, -0.2) is 24.6 Å². The molecule has 1 atom stereocenters. The second kappa shape index (κ2) is 12.4. The van der Waals surface area contributed by atoms with Gasteiger partial charge in [0.05, 0.1) is 24.6 Å². The molecule has 3 rings (SSSR count). The number of anilines is 1. The first-order valence-electron chi connectivity index (χ1n) is 10.4. The van der Waals surface area contributed by atoms with Gasteiger partial charge in [0.1, 0.15) is 17.5 Å². The minimum absolute atomic E-state index is 0.0720. The highest BCUT2D eigenvalue weighted by Gasteiger charge is 2.24. The highest BCUT2D eigenvalue weighted by molar-refractivity contribution is 8.00. The molecule has 0 bridgehead atoms. The Morgan fingerprint density at radius 2 is 1.71 bits per heavy atom. The number of benzene rings is 3. The van der Waals surface area contributed by atoms with Gasteiger partial charge in [-0.2, -0.15) is 0 Å². The largest absolute Gasteiger partial charge is 0.468 e. The standard InChI is InChI=1S/C25H23ClF3NO2S2/c1-16(22-9-5-19(27)13-17(22)11-12-33-15-25(31)32-2)30(24-14-20(28)6-10-23(24)29)34-21-7-3-18(26)4-8-21/h3-10,13-14,16H,11-12,15H2,1-2H3. The summed E-state index contributed by atoms with van der Waals surface area (Å²) in [4.78, 5) is 12.1. The fourth-order valence-electron chi connectivity index (χ4n) is 3.32. The van der Waals surface area contributed by atoms with E-state index in [0.717, 1.165) is 34.2 Å². The molecule has 3 aromatic rings. The maximum atomic E-state index is 14.8. The van der Waals surface area contributed by atoms with E-state index < -0.39 is 23.5 Å². The summed E-state index contributed by atoms with van der Waals surface area (Å²) in [5.41, 5.74) is 1.57. The zero-order valence-corrected chi connectivity index (χ0v) is 21.0. The van der Waals surface area contributed by atoms with Crippen LogP contribution in [0.15, 0.2) is 65.6 Å². The number of ether oxygens (including phenoxy) is 1. The molecule has 0 aliphatic heterocycles. The van der Waals surface area contributed by atoms with Gasteiger partial charge in [0.15, 0.2) is 0 Å². The predicted octanol–water partition coefficient (Wildman–Crippen LogP) is 7.48. The third-order valence-corrected chi connectivity index (χ3v) is 7.41. The molecule has 0 spiro atoms. The van der Waals surface area contributed by atoms with Crippen LogP contribution in [0.25, 0.3) is 0 Å². The normalized spacial score (nSPS) is 11.8. The van der Waals surface area contributed by atoms with Gasteiger partial charge in [0, 0.05) is 16.0 Å². The lowest BCUT2D eigenvalue weighted by Gasteiger charge is -2.32. The van der Waals surface area contributed by atoms with Crippen LogP contribution in [-0.2, 0) is 16.0 Å². The predicted molar refractivity (Wildman–Crippen MR) is 134 cm³/mol. The van der Waals surface area contributed by atoms with E-state index in [0.29, 0.717) is 17.2 Å². The molecule has 34 heavy (non-hydrogen) atoms. The molecule has 0 saturated heterocycles. The molecule has 1 unspecified atom stereocenters. The third-order valence-electron chi connectivity index (χ3n) is 5.03. The Labute approximate surface area is 210 Å². The van der Waals surface area contributed by atoms with Crippen LogP contribution < -0.4 is 4.31 Å². The molecule has 0 aromatic heterocycles. The van der Waals surface area contributed by atoms with Crippen molar-refractivity contribution in [3.8, 4) is 0 Å². The molecule has 3 nitrogen and oxygen atoms in total. The van der Waals surface area contributed by atoms with Crippen LogP contribution in [0.5, 0.6) is 0 Å². The smallest absolute Gasteiger partial charge is 0.315 e. The van der Waals surface area contributed by atoms with Crippen molar-refractivity contribution in [3.05, 3.63) is 94.3 Å². The van der Waals surface area contributed by atoms with E-state index >= 15 is 0 Å². The van der Waals surface area contributed by atoms with Gasteiger partial charge in [-0.05, 0) is 90.7 Å². The SMILES string of the molecule is COC(=O)CSCCc1cc(F)ccc1C(C)N(Sc1ccc(Cl)cc1)c1cc(F)ccc1F. The number of halogens is 4. The van der Waals surface area contributed by atoms with Crippen molar-refractivity contribution >= 4 is 47.0 Å². The molecule has 0 saturated carbocycles. The summed E-state index contributed by atoms with van der Waals surface area (Å²) < 4.78 is 49.3. The lowest BCUT2D eigenvalue weighted by atomic mass is 9.99. The summed E-state index contributed by atoms with van der Waals surface area (Å²) in [6, 6.07) is 14.3. The number of carbonyl (C=O) groups is 1. The summed E-state index contributed by atoms with van der Waals surface area (Å²) in [7, 11) is 1.33. The van der Waals surface area contributed by atoms with Crippen LogP contribution in [0.2, 0.25) is 5.02 Å². The van der Waals surface area contributed by atoms with Crippen molar-refractivity contribution in [1.82, 2.24) is 0 Å². The topological polar surface area (TPSA) is 29.5 Å². The molecule has 0 radical (unpaired) electrons. The Hall–Kier alpha value is -2.29. The Kier molecular flexibility index (Phi) is 9.62. The van der Waals surface area contributed by atoms with Crippen molar-refractivity contribution in [3.63, 3.8) is 0 Å². The molecule has 9 heteroatoms. The number of hydrogen-bond donors (Lipinski definition) is 0. The van der Waals surface area contributed by atoms with Crippen LogP contribution in [0.3, 0.4) is 0 Å². The van der Waals surface area contributed by atoms with Crippen molar-refractivity contribution in [2.75, 3.05) is 22.9 Å². The average Bonchev–Trinajstić information content (AvgIpc) is 2.82. The van der Waals surface area contributed by atoms with E-state index in [1.807, 2.05) is 6.92 Å². The molecule has 0 heterocycles. The number of carbonyl (C=O) groups excluding carboxylic acids is 1. The van der Waals surface area contributed by atoms with Crippen molar-refractivity contribution in [1.29, 1.82) is 0 Å². The fraction of sp³-hybridized carbons (Fsp3) is 0.240. The molecule has 0 amide bonds. The summed E-state index contributed by atoms with van der Waals surface area (Å²) in [5.74, 6) is -1.10. The third kappa shape index (κ3) is 7.10. The number of thioether (sulfide) groups is 1. The fourth-order valence-corrected chi connectivity index (χ4v) is 5.24. The second-order valence-electron chi connectivity index (χ2n) is 7.36. The maximum Gasteiger partial charge on any atom is 0.315 e. The number of esters is 1. The van der Waals surface area contributed by atoms with E-state index in [9.17, 15) is 18.0 Å². The number of methoxy groups -OCH3 is 1. The molecular formula is C25H23ClF3NO2S2. The zero-order chi connectivity index (χ0) is 24.7. The van der Waals surface area contributed by atoms with Gasteiger partial charge in [-0.25, -0.2) is 13.2 Å². The van der Waals surface area contributed by atoms with E-state index in [1.54, 1.807) is 34.6 Å². The van der Waals surface area contributed by atoms with Gasteiger partial charge < -0.3 is 9.04 Å². The second-order valence-corrected chi connectivity index (χ2v) is 9.95. The monoisotopic (exact) mass is 525 g/mol. The number of rotatable bonds is 10. The highest BCUT2D eigenvalue weighted by atomic mass is 35.5. The Morgan fingerprint density at radius 3 is 2.41 bits per heavy atom. The van der Waals surface area contributed by atoms with Crippen LogP contribution in [0.1, 0.15) is 24.1 Å². The summed E-state index contributed by atoms with van der Waals surface area (Å²) in [5, 5.41) is 0.561. The summed E-state index contributed by atoms with van der Waals surface area (Å²) in [6.07, 6.45) is 0.490. The van der Waals surface area contributed by atoms with E-state index in [1.165, 1.54) is 43.0 Å². The van der Waals surface area contributed by atoms with Crippen molar-refractivity contribution in [2.24, 2.45) is 0 Å². The molecule has 0 aliphatic carbocycles. The first-order chi connectivity index (χ1) is 16.3. The maximum absolute atomic E-state index is 14.8. The first-order valence-corrected chi connectivity index (χ1v) is 12.7. The lowest BCUT2D eigenvalue weighted by molar-refractivity contribution is -0.137. The summed E-state index contributed by atoms with van der Waals surface area (Å²) >= 11 is 8.61. The van der Waals surface area contributed by atoms with E-state index in [2.05, 4.69) is 4.74 Å². The van der Waals surface area contributed by atoms with Crippen LogP contribution in [0, 0.1) is 17.5 Å². The van der Waals surface area contributed by atoms with Gasteiger partial charge in [-0.1, -0.05) is 17.7 Å². The molecule has 180 valence electrons. The minimum atomic E-state index is -0.577. The number of aryl methyl sites for hydroxylation is 1. The van der Waals surface area contributed by atoms with Gasteiger partial charge in [0.25, 0.3) is 0 Å². The van der Waals surface area contributed by atoms with Crippen molar-refractivity contribution in [2.45, 2.75) is 24.3 Å². The highest BCUT2D eigenvalue weighted by Crippen LogP contribution is 2.40. The van der Waals surface area contributed by atoms with Gasteiger partial charge >= 0.3 is 5.97 Å². The number of nitrogens with zero attached hydrogens (tertiary/aromatic N) is 1.